The van der Waals surface area contributed by atoms with Gasteiger partial charge in [-0.15, -0.1) is 0 Å². The Labute approximate surface area is 80.9 Å². The maximum Gasteiger partial charge on any atom is 0.0564 e. The summed E-state index contributed by atoms with van der Waals surface area (Å²) in [5.41, 5.74) is 0.732. The van der Waals surface area contributed by atoms with Gasteiger partial charge in [-0.1, -0.05) is 0 Å². The molecule has 13 heavy (non-hydrogen) atoms. The van der Waals surface area contributed by atoms with Gasteiger partial charge in [0.15, 0.2) is 0 Å². The van der Waals surface area contributed by atoms with Crippen molar-refractivity contribution in [2.45, 2.75) is 31.8 Å². The van der Waals surface area contributed by atoms with E-state index in [1.54, 1.807) is 0 Å². The first kappa shape index (κ1) is 9.44. The van der Waals surface area contributed by atoms with E-state index in [4.69, 9.17) is 0 Å². The summed E-state index contributed by atoms with van der Waals surface area (Å²) in [5, 5.41) is 7.09. The molecule has 2 rings (SSSR count). The zero-order valence-electron chi connectivity index (χ0n) is 8.98. The highest BCUT2D eigenvalue weighted by Crippen LogP contribution is 2.28. The first-order valence-electron chi connectivity index (χ1n) is 5.23. The zero-order valence-corrected chi connectivity index (χ0v) is 8.98. The molecule has 1 spiro atoms. The Morgan fingerprint density at radius 2 is 1.85 bits per heavy atom. The number of hydrogen-bond acceptors (Lipinski definition) is 3. The highest BCUT2D eigenvalue weighted by Gasteiger charge is 2.46. The molecular formula is C10H21N3. The molecule has 0 radical (unpaired) electrons. The Bertz CT molecular complexity index is 181. The van der Waals surface area contributed by atoms with E-state index in [9.17, 15) is 0 Å². The van der Waals surface area contributed by atoms with Crippen molar-refractivity contribution in [1.29, 1.82) is 0 Å². The molecule has 0 aromatic carbocycles. The topological polar surface area (TPSA) is 27.3 Å². The molecule has 76 valence electrons. The molecule has 0 unspecified atom stereocenters. The van der Waals surface area contributed by atoms with Crippen LogP contribution in [0.4, 0.5) is 0 Å². The second kappa shape index (κ2) is 2.94. The highest BCUT2D eigenvalue weighted by atomic mass is 15.3. The van der Waals surface area contributed by atoms with E-state index in [1.165, 1.54) is 13.1 Å². The van der Waals surface area contributed by atoms with E-state index >= 15 is 0 Å². The zero-order chi connectivity index (χ0) is 9.53. The Balaban J connectivity index is 1.88. The van der Waals surface area contributed by atoms with Crippen LogP contribution in [0.2, 0.25) is 0 Å². The predicted molar refractivity (Wildman–Crippen MR) is 54.9 cm³/mol. The van der Waals surface area contributed by atoms with E-state index in [0.717, 1.165) is 19.6 Å². The van der Waals surface area contributed by atoms with Gasteiger partial charge in [0.1, 0.15) is 0 Å². The van der Waals surface area contributed by atoms with Gasteiger partial charge in [0, 0.05) is 38.3 Å². The van der Waals surface area contributed by atoms with Crippen LogP contribution in [0.15, 0.2) is 0 Å². The molecule has 0 bridgehead atoms. The minimum Gasteiger partial charge on any atom is -0.314 e. The lowest BCUT2D eigenvalue weighted by Gasteiger charge is -2.57. The number of likely N-dealkylation sites (tertiary alicyclic amines) is 1. The number of nitrogens with one attached hydrogen (secondary N) is 2. The van der Waals surface area contributed by atoms with E-state index in [2.05, 4.69) is 36.3 Å². The molecule has 2 saturated heterocycles. The van der Waals surface area contributed by atoms with Gasteiger partial charge < -0.3 is 10.6 Å². The molecule has 2 N–H and O–H groups in total. The quantitative estimate of drug-likeness (QED) is 0.555. The average Bonchev–Trinajstić information content (AvgIpc) is 2.00. The largest absolute Gasteiger partial charge is 0.314 e. The predicted octanol–water partition coefficient (Wildman–Crippen LogP) is 0.0321. The molecule has 2 heterocycles. The van der Waals surface area contributed by atoms with E-state index < -0.39 is 0 Å². The summed E-state index contributed by atoms with van der Waals surface area (Å²) < 4.78 is 0. The summed E-state index contributed by atoms with van der Waals surface area (Å²) in [4.78, 5) is 2.53. The second-order valence-electron chi connectivity index (χ2n) is 5.41. The van der Waals surface area contributed by atoms with Crippen LogP contribution in [0.25, 0.3) is 0 Å². The van der Waals surface area contributed by atoms with Crippen LogP contribution in [0.5, 0.6) is 0 Å². The SMILES string of the molecule is CC(C)(C)N1CC2(CNCCN2)C1. The van der Waals surface area contributed by atoms with E-state index in [1.807, 2.05) is 0 Å². The van der Waals surface area contributed by atoms with Crippen molar-refractivity contribution < 1.29 is 0 Å². The molecule has 2 aliphatic heterocycles. The van der Waals surface area contributed by atoms with Crippen molar-refractivity contribution in [1.82, 2.24) is 15.5 Å². The lowest BCUT2D eigenvalue weighted by Crippen LogP contribution is -2.78. The average molecular weight is 183 g/mol. The normalized spacial score (nSPS) is 28.8. The minimum atomic E-state index is 0.338. The maximum atomic E-state index is 3.63. The van der Waals surface area contributed by atoms with Gasteiger partial charge >= 0.3 is 0 Å². The van der Waals surface area contributed by atoms with Crippen molar-refractivity contribution in [2.75, 3.05) is 32.7 Å². The summed E-state index contributed by atoms with van der Waals surface area (Å²) in [6.45, 7) is 12.6. The molecule has 0 aromatic rings. The molecule has 0 aromatic heterocycles. The van der Waals surface area contributed by atoms with Crippen LogP contribution < -0.4 is 10.6 Å². The van der Waals surface area contributed by atoms with Crippen molar-refractivity contribution in [3.63, 3.8) is 0 Å². The summed E-state index contributed by atoms with van der Waals surface area (Å²) in [6, 6.07) is 0. The number of piperazine rings is 1. The van der Waals surface area contributed by atoms with E-state index in [-0.39, 0.29) is 0 Å². The van der Waals surface area contributed by atoms with Gasteiger partial charge in [-0.05, 0) is 20.8 Å². The molecule has 0 aliphatic carbocycles. The van der Waals surface area contributed by atoms with Crippen LogP contribution in [-0.4, -0.2) is 48.7 Å². The van der Waals surface area contributed by atoms with Gasteiger partial charge in [0.25, 0.3) is 0 Å². The molecule has 3 heteroatoms. The van der Waals surface area contributed by atoms with Crippen LogP contribution in [0, 0.1) is 0 Å². The summed E-state index contributed by atoms with van der Waals surface area (Å²) in [7, 11) is 0. The third kappa shape index (κ3) is 1.73. The molecule has 0 atom stereocenters. The first-order valence-corrected chi connectivity index (χ1v) is 5.23. The molecule has 2 fully saturated rings. The summed E-state index contributed by atoms with van der Waals surface area (Å²) >= 11 is 0. The monoisotopic (exact) mass is 183 g/mol. The van der Waals surface area contributed by atoms with Crippen LogP contribution >= 0.6 is 0 Å². The lowest BCUT2D eigenvalue weighted by molar-refractivity contribution is -0.0308. The number of nitrogens with zero attached hydrogens (tertiary/aromatic N) is 1. The first-order chi connectivity index (χ1) is 6.02. The van der Waals surface area contributed by atoms with Crippen molar-refractivity contribution in [3.05, 3.63) is 0 Å². The molecule has 0 saturated carbocycles. The second-order valence-corrected chi connectivity index (χ2v) is 5.41. The summed E-state index contributed by atoms with van der Waals surface area (Å²) in [6.07, 6.45) is 0. The fourth-order valence-corrected chi connectivity index (χ4v) is 2.19. The Kier molecular flexibility index (Phi) is 2.13. The van der Waals surface area contributed by atoms with Gasteiger partial charge in [-0.25, -0.2) is 0 Å². The molecule has 2 aliphatic rings. The Morgan fingerprint density at radius 3 is 2.31 bits per heavy atom. The maximum absolute atomic E-state index is 3.63. The molecule has 0 amide bonds. The number of rotatable bonds is 0. The van der Waals surface area contributed by atoms with Crippen molar-refractivity contribution in [2.24, 2.45) is 0 Å². The fraction of sp³-hybridized carbons (Fsp3) is 1.00. The number of hydrogen-bond donors (Lipinski definition) is 2. The lowest BCUT2D eigenvalue weighted by atomic mass is 9.84. The van der Waals surface area contributed by atoms with Crippen LogP contribution in [0.3, 0.4) is 0 Å². The van der Waals surface area contributed by atoms with Crippen molar-refractivity contribution >= 4 is 0 Å². The van der Waals surface area contributed by atoms with Gasteiger partial charge in [0.05, 0.1) is 5.54 Å². The van der Waals surface area contributed by atoms with Crippen molar-refractivity contribution in [3.8, 4) is 0 Å². The standard InChI is InChI=1S/C10H21N3/c1-9(2,3)13-7-10(8-13)6-11-4-5-12-10/h11-12H,4-8H2,1-3H3. The molecular weight excluding hydrogens is 162 g/mol. The molecule has 3 nitrogen and oxygen atoms in total. The Hall–Kier alpha value is -0.120. The third-order valence-corrected chi connectivity index (χ3v) is 3.20. The van der Waals surface area contributed by atoms with E-state index in [0.29, 0.717) is 11.1 Å². The Morgan fingerprint density at radius 1 is 1.15 bits per heavy atom. The fourth-order valence-electron chi connectivity index (χ4n) is 2.19. The van der Waals surface area contributed by atoms with Gasteiger partial charge in [0.2, 0.25) is 0 Å². The van der Waals surface area contributed by atoms with Crippen LogP contribution in [0.1, 0.15) is 20.8 Å². The third-order valence-electron chi connectivity index (χ3n) is 3.20. The minimum absolute atomic E-state index is 0.338. The van der Waals surface area contributed by atoms with Gasteiger partial charge in [-0.3, -0.25) is 4.90 Å². The van der Waals surface area contributed by atoms with Gasteiger partial charge in [-0.2, -0.15) is 0 Å². The van der Waals surface area contributed by atoms with Crippen LogP contribution in [-0.2, 0) is 0 Å². The smallest absolute Gasteiger partial charge is 0.0564 e. The highest BCUT2D eigenvalue weighted by molar-refractivity contribution is 5.08. The summed E-state index contributed by atoms with van der Waals surface area (Å²) in [5.74, 6) is 0.